The lowest BCUT2D eigenvalue weighted by molar-refractivity contribution is -0.140. The van der Waals surface area contributed by atoms with E-state index >= 15 is 0 Å². The van der Waals surface area contributed by atoms with Gasteiger partial charge in [-0.15, -0.1) is 0 Å². The Morgan fingerprint density at radius 2 is 1.78 bits per heavy atom. The van der Waals surface area contributed by atoms with Crippen molar-refractivity contribution in [3.63, 3.8) is 0 Å². The molecule has 1 atom stereocenters. The Hall–Kier alpha value is -3.19. The number of hydrogen-bond donors (Lipinski definition) is 1. The van der Waals surface area contributed by atoms with E-state index in [0.717, 1.165) is 37.6 Å². The van der Waals surface area contributed by atoms with Crippen LogP contribution >= 0.6 is 0 Å². The molecule has 32 heavy (non-hydrogen) atoms. The van der Waals surface area contributed by atoms with E-state index in [0.29, 0.717) is 18.7 Å². The van der Waals surface area contributed by atoms with E-state index in [9.17, 15) is 19.1 Å². The number of nitrogens with zero attached hydrogens (tertiary/aromatic N) is 2. The van der Waals surface area contributed by atoms with Crippen molar-refractivity contribution in [3.05, 3.63) is 70.5 Å². The lowest BCUT2D eigenvalue weighted by Crippen LogP contribution is -2.37. The molecule has 4 rings (SSSR count). The second-order valence-corrected chi connectivity index (χ2v) is 8.30. The maximum atomic E-state index is 14.0. The van der Waals surface area contributed by atoms with Crippen LogP contribution in [0.4, 0.5) is 4.39 Å². The fraction of sp³-hybridized carbons (Fsp3) is 0.360. The van der Waals surface area contributed by atoms with Crippen LogP contribution < -0.4 is 4.74 Å². The van der Waals surface area contributed by atoms with Gasteiger partial charge in [0.25, 0.3) is 11.7 Å². The summed E-state index contributed by atoms with van der Waals surface area (Å²) < 4.78 is 19.2. The average molecular weight is 438 g/mol. The first-order chi connectivity index (χ1) is 15.4. The number of likely N-dealkylation sites (tertiary alicyclic amines) is 2. The molecule has 2 aromatic carbocycles. The molecule has 2 fully saturated rings. The van der Waals surface area contributed by atoms with Crippen LogP contribution in [0, 0.1) is 12.7 Å². The summed E-state index contributed by atoms with van der Waals surface area (Å²) in [5.74, 6) is -2.24. The molecule has 1 N–H and O–H groups in total. The normalized spacial score (nSPS) is 20.8. The minimum Gasteiger partial charge on any atom is -0.507 e. The van der Waals surface area contributed by atoms with Crippen LogP contribution in [-0.2, 0) is 9.59 Å². The van der Waals surface area contributed by atoms with E-state index in [1.54, 1.807) is 0 Å². The summed E-state index contributed by atoms with van der Waals surface area (Å²) in [4.78, 5) is 29.9. The number of aliphatic hydroxyl groups is 1. The van der Waals surface area contributed by atoms with E-state index in [4.69, 9.17) is 4.74 Å². The summed E-state index contributed by atoms with van der Waals surface area (Å²) in [5, 5.41) is 11.2. The summed E-state index contributed by atoms with van der Waals surface area (Å²) in [7, 11) is 1.40. The highest BCUT2D eigenvalue weighted by Crippen LogP contribution is 2.41. The highest BCUT2D eigenvalue weighted by Gasteiger charge is 2.46. The second kappa shape index (κ2) is 9.12. The fourth-order valence-electron chi connectivity index (χ4n) is 4.47. The van der Waals surface area contributed by atoms with Crippen molar-refractivity contribution in [2.75, 3.05) is 33.3 Å². The van der Waals surface area contributed by atoms with Crippen molar-refractivity contribution in [3.8, 4) is 5.75 Å². The summed E-state index contributed by atoms with van der Waals surface area (Å²) in [6.07, 6.45) is 2.25. The molecule has 2 aliphatic heterocycles. The molecule has 0 radical (unpaired) electrons. The first kappa shape index (κ1) is 22.0. The molecule has 1 unspecified atom stereocenters. The predicted octanol–water partition coefficient (Wildman–Crippen LogP) is 3.66. The quantitative estimate of drug-likeness (QED) is 0.424. The number of halogens is 1. The van der Waals surface area contributed by atoms with Crippen LogP contribution in [0.3, 0.4) is 0 Å². The van der Waals surface area contributed by atoms with Crippen molar-refractivity contribution >= 4 is 17.4 Å². The molecule has 1 amide bonds. The van der Waals surface area contributed by atoms with Gasteiger partial charge in [-0.05, 0) is 56.6 Å². The molecule has 2 aromatic rings. The lowest BCUT2D eigenvalue weighted by Gasteiger charge is -2.27. The Kier molecular flexibility index (Phi) is 6.28. The van der Waals surface area contributed by atoms with E-state index in [-0.39, 0.29) is 16.9 Å². The van der Waals surface area contributed by atoms with Gasteiger partial charge in [0.05, 0.1) is 24.3 Å². The minimum absolute atomic E-state index is 0.0437. The zero-order valence-electron chi connectivity index (χ0n) is 18.3. The maximum Gasteiger partial charge on any atom is 0.295 e. The van der Waals surface area contributed by atoms with Gasteiger partial charge in [-0.2, -0.15) is 0 Å². The van der Waals surface area contributed by atoms with Gasteiger partial charge in [0, 0.05) is 13.1 Å². The third-order valence-electron chi connectivity index (χ3n) is 6.21. The monoisotopic (exact) mass is 438 g/mol. The van der Waals surface area contributed by atoms with Gasteiger partial charge < -0.3 is 19.6 Å². The molecular weight excluding hydrogens is 411 g/mol. The molecule has 0 aliphatic carbocycles. The van der Waals surface area contributed by atoms with Crippen LogP contribution in [0.5, 0.6) is 5.75 Å². The van der Waals surface area contributed by atoms with Gasteiger partial charge in [0.2, 0.25) is 0 Å². The van der Waals surface area contributed by atoms with Gasteiger partial charge >= 0.3 is 0 Å². The molecule has 0 saturated carbocycles. The Morgan fingerprint density at radius 3 is 2.44 bits per heavy atom. The van der Waals surface area contributed by atoms with Crippen LogP contribution in [0.15, 0.2) is 48.0 Å². The first-order valence-corrected chi connectivity index (χ1v) is 10.8. The minimum atomic E-state index is -0.777. The van der Waals surface area contributed by atoms with Crippen molar-refractivity contribution in [1.29, 1.82) is 0 Å². The highest BCUT2D eigenvalue weighted by molar-refractivity contribution is 6.46. The topological polar surface area (TPSA) is 70.1 Å². The van der Waals surface area contributed by atoms with E-state index in [1.165, 1.54) is 24.1 Å². The molecule has 7 heteroatoms. The third-order valence-corrected chi connectivity index (χ3v) is 6.21. The molecule has 0 aromatic heterocycles. The SMILES string of the molecule is COc1ccc(F)cc1/C(O)=C1\C(=O)C(=O)N(CCN2CCCC2)C1c1ccc(C)cc1. The van der Waals surface area contributed by atoms with Gasteiger partial charge in [0.1, 0.15) is 17.3 Å². The molecule has 0 spiro atoms. The summed E-state index contributed by atoms with van der Waals surface area (Å²) >= 11 is 0. The molecule has 2 aliphatic rings. The Labute approximate surface area is 186 Å². The Balaban J connectivity index is 1.81. The van der Waals surface area contributed by atoms with Crippen LogP contribution in [0.2, 0.25) is 0 Å². The first-order valence-electron chi connectivity index (χ1n) is 10.8. The van der Waals surface area contributed by atoms with Crippen molar-refractivity contribution in [2.45, 2.75) is 25.8 Å². The second-order valence-electron chi connectivity index (χ2n) is 8.30. The van der Waals surface area contributed by atoms with Crippen molar-refractivity contribution in [2.24, 2.45) is 0 Å². The standard InChI is InChI=1S/C25H27FN2O4/c1-16-5-7-17(8-6-16)22-21(23(29)19-15-18(26)9-10-20(19)32-2)24(30)25(31)28(22)14-13-27-11-3-4-12-27/h5-10,15,22,29H,3-4,11-14H2,1-2H3/b23-21+. The average Bonchev–Trinajstić information content (AvgIpc) is 3.39. The van der Waals surface area contributed by atoms with Gasteiger partial charge in [0.15, 0.2) is 0 Å². The predicted molar refractivity (Wildman–Crippen MR) is 119 cm³/mol. The maximum absolute atomic E-state index is 14.0. The molecule has 168 valence electrons. The molecule has 2 saturated heterocycles. The Bertz CT molecular complexity index is 1060. The number of ether oxygens (including phenoxy) is 1. The third kappa shape index (κ3) is 4.12. The largest absolute Gasteiger partial charge is 0.507 e. The number of rotatable bonds is 6. The van der Waals surface area contributed by atoms with Gasteiger partial charge in [-0.3, -0.25) is 9.59 Å². The lowest BCUT2D eigenvalue weighted by atomic mass is 9.94. The van der Waals surface area contributed by atoms with Gasteiger partial charge in [-0.1, -0.05) is 29.8 Å². The number of aliphatic hydroxyl groups excluding tert-OH is 1. The smallest absolute Gasteiger partial charge is 0.295 e. The number of benzene rings is 2. The fourth-order valence-corrected chi connectivity index (χ4v) is 4.47. The number of carbonyl (C=O) groups excluding carboxylic acids is 2. The Morgan fingerprint density at radius 1 is 1.09 bits per heavy atom. The summed E-state index contributed by atoms with van der Waals surface area (Å²) in [6.45, 7) is 4.91. The van der Waals surface area contributed by atoms with Crippen molar-refractivity contribution in [1.82, 2.24) is 9.80 Å². The summed E-state index contributed by atoms with van der Waals surface area (Å²) in [6, 6.07) is 10.5. The number of hydrogen-bond acceptors (Lipinski definition) is 5. The van der Waals surface area contributed by atoms with Crippen LogP contribution in [-0.4, -0.2) is 59.9 Å². The van der Waals surface area contributed by atoms with E-state index < -0.39 is 29.3 Å². The number of aryl methyl sites for hydroxylation is 1. The van der Waals surface area contributed by atoms with Crippen LogP contribution in [0.25, 0.3) is 5.76 Å². The van der Waals surface area contributed by atoms with Crippen LogP contribution in [0.1, 0.15) is 35.6 Å². The van der Waals surface area contributed by atoms with Crippen molar-refractivity contribution < 1.29 is 23.8 Å². The number of ketones is 1. The number of methoxy groups -OCH3 is 1. The highest BCUT2D eigenvalue weighted by atomic mass is 19.1. The molecule has 2 heterocycles. The molecule has 0 bridgehead atoms. The van der Waals surface area contributed by atoms with E-state index in [1.807, 2.05) is 31.2 Å². The number of Topliss-reactive ketones (excluding diaryl/α,β-unsaturated/α-hetero) is 1. The number of carbonyl (C=O) groups is 2. The zero-order chi connectivity index (χ0) is 22.8. The summed E-state index contributed by atoms with van der Waals surface area (Å²) in [5.41, 5.74) is 1.74. The molecular formula is C25H27FN2O4. The number of amides is 1. The van der Waals surface area contributed by atoms with Gasteiger partial charge in [-0.25, -0.2) is 4.39 Å². The zero-order valence-corrected chi connectivity index (χ0v) is 18.3. The van der Waals surface area contributed by atoms with E-state index in [2.05, 4.69) is 4.90 Å². The molecule has 6 nitrogen and oxygen atoms in total.